The second kappa shape index (κ2) is 7.84. The molecule has 0 aliphatic rings. The normalized spacial score (nSPS) is 11.0. The molecule has 1 amide bonds. The summed E-state index contributed by atoms with van der Waals surface area (Å²) in [5.41, 5.74) is 0.416. The van der Waals surface area contributed by atoms with Gasteiger partial charge < -0.3 is 14.8 Å². The van der Waals surface area contributed by atoms with Gasteiger partial charge in [-0.25, -0.2) is 8.42 Å². The second-order valence-corrected chi connectivity index (χ2v) is 6.14. The van der Waals surface area contributed by atoms with Gasteiger partial charge in [0.15, 0.2) is 0 Å². The highest BCUT2D eigenvalue weighted by molar-refractivity contribution is 7.92. The lowest BCUT2D eigenvalue weighted by atomic mass is 10.1. The molecule has 0 fully saturated rings. The zero-order valence-corrected chi connectivity index (χ0v) is 13.1. The van der Waals surface area contributed by atoms with Crippen molar-refractivity contribution in [1.82, 2.24) is 5.32 Å². The molecule has 1 rings (SSSR count). The van der Waals surface area contributed by atoms with Gasteiger partial charge in [-0.05, 0) is 18.6 Å². The van der Waals surface area contributed by atoms with Gasteiger partial charge in [0.05, 0.1) is 24.6 Å². The van der Waals surface area contributed by atoms with E-state index in [9.17, 15) is 13.2 Å². The summed E-state index contributed by atoms with van der Waals surface area (Å²) in [6.45, 7) is 0.981. The van der Waals surface area contributed by atoms with E-state index in [-0.39, 0.29) is 17.2 Å². The average molecular weight is 316 g/mol. The number of carbonyl (C=O) groups is 1. The van der Waals surface area contributed by atoms with Crippen molar-refractivity contribution in [2.75, 3.05) is 38.3 Å². The van der Waals surface area contributed by atoms with E-state index in [1.165, 1.54) is 19.2 Å². The van der Waals surface area contributed by atoms with E-state index < -0.39 is 10.0 Å². The summed E-state index contributed by atoms with van der Waals surface area (Å²) in [7, 11) is -0.448. The fraction of sp³-hybridized carbons (Fsp3) is 0.462. The van der Waals surface area contributed by atoms with Gasteiger partial charge in [0.2, 0.25) is 10.0 Å². The zero-order chi connectivity index (χ0) is 15.9. The number of hydrogen-bond acceptors (Lipinski definition) is 5. The van der Waals surface area contributed by atoms with Gasteiger partial charge in [0.1, 0.15) is 5.75 Å². The van der Waals surface area contributed by atoms with Gasteiger partial charge in [0, 0.05) is 26.3 Å². The van der Waals surface area contributed by atoms with Crippen LogP contribution >= 0.6 is 0 Å². The van der Waals surface area contributed by atoms with Crippen molar-refractivity contribution in [3.8, 4) is 5.75 Å². The lowest BCUT2D eigenvalue weighted by molar-refractivity contribution is 0.0949. The lowest BCUT2D eigenvalue weighted by Gasteiger charge is -2.12. The number of sulfonamides is 1. The second-order valence-electron chi connectivity index (χ2n) is 4.39. The van der Waals surface area contributed by atoms with Crippen LogP contribution in [0.5, 0.6) is 5.75 Å². The van der Waals surface area contributed by atoms with Gasteiger partial charge in [-0.3, -0.25) is 9.52 Å². The van der Waals surface area contributed by atoms with Crippen LogP contribution in [0.2, 0.25) is 0 Å². The monoisotopic (exact) mass is 316 g/mol. The minimum atomic E-state index is -3.49. The minimum Gasteiger partial charge on any atom is -0.497 e. The Labute approximate surface area is 124 Å². The summed E-state index contributed by atoms with van der Waals surface area (Å²) in [4.78, 5) is 12.1. The smallest absolute Gasteiger partial charge is 0.253 e. The standard InChI is InChI=1S/C13H20N2O5S/c1-19-8-4-7-14-13(16)11-6-5-10(20-2)9-12(11)15-21(3,17)18/h5-6,9,15H,4,7-8H2,1-3H3,(H,14,16). The molecule has 7 nitrogen and oxygen atoms in total. The van der Waals surface area contributed by atoms with Crippen LogP contribution in [0.15, 0.2) is 18.2 Å². The van der Waals surface area contributed by atoms with Crippen molar-refractivity contribution < 1.29 is 22.7 Å². The van der Waals surface area contributed by atoms with Gasteiger partial charge in [0.25, 0.3) is 5.91 Å². The topological polar surface area (TPSA) is 93.7 Å². The highest BCUT2D eigenvalue weighted by atomic mass is 32.2. The number of benzene rings is 1. The molecule has 0 saturated carbocycles. The molecular formula is C13H20N2O5S. The quantitative estimate of drug-likeness (QED) is 0.693. The number of amides is 1. The van der Waals surface area contributed by atoms with E-state index in [0.29, 0.717) is 25.3 Å². The Bertz CT molecular complexity index is 586. The van der Waals surface area contributed by atoms with Crippen molar-refractivity contribution in [2.45, 2.75) is 6.42 Å². The van der Waals surface area contributed by atoms with Gasteiger partial charge in [-0.2, -0.15) is 0 Å². The fourth-order valence-corrected chi connectivity index (χ4v) is 2.21. The van der Waals surface area contributed by atoms with Crippen LogP contribution in [-0.4, -0.2) is 48.0 Å². The number of nitrogens with one attached hydrogen (secondary N) is 2. The summed E-state index contributed by atoms with van der Waals surface area (Å²) < 4.78 is 35.0. The van der Waals surface area contributed by atoms with Crippen LogP contribution in [0, 0.1) is 0 Å². The maximum Gasteiger partial charge on any atom is 0.253 e. The molecule has 8 heteroatoms. The van der Waals surface area contributed by atoms with E-state index in [1.807, 2.05) is 0 Å². The SMILES string of the molecule is COCCCNC(=O)c1ccc(OC)cc1NS(C)(=O)=O. The number of rotatable bonds is 8. The molecule has 0 bridgehead atoms. The molecule has 0 aromatic heterocycles. The fourth-order valence-electron chi connectivity index (χ4n) is 1.65. The molecular weight excluding hydrogens is 296 g/mol. The summed E-state index contributed by atoms with van der Waals surface area (Å²) in [5.74, 6) is 0.0944. The van der Waals surface area contributed by atoms with E-state index in [4.69, 9.17) is 9.47 Å². The molecule has 1 aromatic carbocycles. The number of ether oxygens (including phenoxy) is 2. The molecule has 0 atom stereocenters. The Kier molecular flexibility index (Phi) is 6.44. The Morgan fingerprint density at radius 2 is 2.00 bits per heavy atom. The first-order chi connectivity index (χ1) is 9.87. The summed E-state index contributed by atoms with van der Waals surface area (Å²) in [6.07, 6.45) is 1.69. The molecule has 0 aliphatic heterocycles. The Morgan fingerprint density at radius 1 is 1.29 bits per heavy atom. The van der Waals surface area contributed by atoms with Gasteiger partial charge >= 0.3 is 0 Å². The van der Waals surface area contributed by atoms with Crippen molar-refractivity contribution >= 4 is 21.6 Å². The first kappa shape index (κ1) is 17.3. The highest BCUT2D eigenvalue weighted by Crippen LogP contribution is 2.23. The lowest BCUT2D eigenvalue weighted by Crippen LogP contribution is -2.26. The van der Waals surface area contributed by atoms with Crippen molar-refractivity contribution in [1.29, 1.82) is 0 Å². The predicted octanol–water partition coefficient (Wildman–Crippen LogP) is 0.833. The van der Waals surface area contributed by atoms with Crippen LogP contribution in [0.4, 0.5) is 5.69 Å². The molecule has 0 aliphatic carbocycles. The molecule has 118 valence electrons. The first-order valence-corrected chi connectivity index (χ1v) is 8.19. The molecule has 0 radical (unpaired) electrons. The maximum atomic E-state index is 12.1. The number of hydrogen-bond donors (Lipinski definition) is 2. The Morgan fingerprint density at radius 3 is 2.57 bits per heavy atom. The van der Waals surface area contributed by atoms with Crippen LogP contribution in [-0.2, 0) is 14.8 Å². The predicted molar refractivity (Wildman–Crippen MR) is 80.3 cm³/mol. The highest BCUT2D eigenvalue weighted by Gasteiger charge is 2.15. The Hall–Kier alpha value is -1.80. The van der Waals surface area contributed by atoms with Crippen molar-refractivity contribution in [2.24, 2.45) is 0 Å². The third kappa shape index (κ3) is 6.01. The molecule has 2 N–H and O–H groups in total. The number of methoxy groups -OCH3 is 2. The molecule has 1 aromatic rings. The molecule has 0 unspecified atom stereocenters. The van der Waals surface area contributed by atoms with Crippen LogP contribution in [0.1, 0.15) is 16.8 Å². The Balaban J connectivity index is 2.91. The maximum absolute atomic E-state index is 12.1. The minimum absolute atomic E-state index is 0.182. The van der Waals surface area contributed by atoms with E-state index in [2.05, 4.69) is 10.0 Å². The van der Waals surface area contributed by atoms with E-state index >= 15 is 0 Å². The summed E-state index contributed by atoms with van der Waals surface area (Å²) in [5, 5.41) is 2.70. The average Bonchev–Trinajstić information content (AvgIpc) is 2.41. The van der Waals surface area contributed by atoms with Gasteiger partial charge in [-0.1, -0.05) is 0 Å². The van der Waals surface area contributed by atoms with Crippen LogP contribution < -0.4 is 14.8 Å². The molecule has 0 heterocycles. The van der Waals surface area contributed by atoms with Crippen molar-refractivity contribution in [3.05, 3.63) is 23.8 Å². The van der Waals surface area contributed by atoms with Crippen molar-refractivity contribution in [3.63, 3.8) is 0 Å². The van der Waals surface area contributed by atoms with E-state index in [0.717, 1.165) is 6.26 Å². The molecule has 0 saturated heterocycles. The molecule has 21 heavy (non-hydrogen) atoms. The number of carbonyl (C=O) groups excluding carboxylic acids is 1. The van der Waals surface area contributed by atoms with Crippen LogP contribution in [0.3, 0.4) is 0 Å². The summed E-state index contributed by atoms with van der Waals surface area (Å²) >= 11 is 0. The van der Waals surface area contributed by atoms with E-state index in [1.54, 1.807) is 13.2 Å². The van der Waals surface area contributed by atoms with Gasteiger partial charge in [-0.15, -0.1) is 0 Å². The third-order valence-corrected chi connectivity index (χ3v) is 3.17. The number of anilines is 1. The summed E-state index contributed by atoms with van der Waals surface area (Å²) in [6, 6.07) is 4.57. The first-order valence-electron chi connectivity index (χ1n) is 6.30. The zero-order valence-electron chi connectivity index (χ0n) is 12.3. The van der Waals surface area contributed by atoms with Crippen LogP contribution in [0.25, 0.3) is 0 Å². The largest absolute Gasteiger partial charge is 0.497 e. The third-order valence-electron chi connectivity index (χ3n) is 2.58. The molecule has 0 spiro atoms.